The van der Waals surface area contributed by atoms with Gasteiger partial charge < -0.3 is 10.5 Å². The van der Waals surface area contributed by atoms with E-state index in [2.05, 4.69) is 15.0 Å². The number of hydrogen-bond donors (Lipinski definition) is 1. The van der Waals surface area contributed by atoms with Crippen LogP contribution >= 0.6 is 11.6 Å². The number of nitrogens with zero attached hydrogens (tertiary/aromatic N) is 6. The van der Waals surface area contributed by atoms with Crippen molar-refractivity contribution in [3.8, 4) is 28.1 Å². The molecule has 0 saturated carbocycles. The summed E-state index contributed by atoms with van der Waals surface area (Å²) in [5.41, 5.74) is 6.87. The number of nitrogen functional groups attached to an aromatic ring is 1. The van der Waals surface area contributed by atoms with E-state index in [1.165, 1.54) is 41.3 Å². The van der Waals surface area contributed by atoms with Gasteiger partial charge in [0.2, 0.25) is 0 Å². The molecule has 6 aromatic rings. The average Bonchev–Trinajstić information content (AvgIpc) is 3.35. The largest absolute Gasteiger partial charge is 0.488 e. The summed E-state index contributed by atoms with van der Waals surface area (Å²) in [7, 11) is 0. The zero-order chi connectivity index (χ0) is 30.6. The summed E-state index contributed by atoms with van der Waals surface area (Å²) in [5.74, 6) is -1.76. The topological polar surface area (TPSA) is 113 Å². The molecule has 0 aliphatic carbocycles. The van der Waals surface area contributed by atoms with E-state index < -0.39 is 29.1 Å². The van der Waals surface area contributed by atoms with Crippen molar-refractivity contribution in [2.45, 2.75) is 32.9 Å². The van der Waals surface area contributed by atoms with Crippen molar-refractivity contribution < 1.29 is 17.9 Å². The standard InChI is InChI=1S/C30H23ClF3N7O2/c1-14(2)43-22-8-7-17(10-21(22)34)26-24-27(35)36-13-37-29(24)41(39-26)15(3)25-23(16-5-4-6-18(32)9-16)30(42)40-12-19(33)11-20(31)28(40)38-25/h4-15H,1-3H3,(H2,35,36,37)/t15-/m1/s1. The summed E-state index contributed by atoms with van der Waals surface area (Å²) >= 11 is 6.31. The summed E-state index contributed by atoms with van der Waals surface area (Å²) in [4.78, 5) is 27.0. The van der Waals surface area contributed by atoms with E-state index in [1.54, 1.807) is 32.9 Å². The fourth-order valence-corrected chi connectivity index (χ4v) is 5.22. The van der Waals surface area contributed by atoms with E-state index in [4.69, 9.17) is 27.2 Å². The molecule has 9 nitrogen and oxygen atoms in total. The molecule has 43 heavy (non-hydrogen) atoms. The Kier molecular flexibility index (Phi) is 7.01. The molecule has 0 aliphatic rings. The Morgan fingerprint density at radius 3 is 2.47 bits per heavy atom. The van der Waals surface area contributed by atoms with Crippen LogP contribution in [0.2, 0.25) is 5.02 Å². The second-order valence-corrected chi connectivity index (χ2v) is 10.5. The molecule has 13 heteroatoms. The Hall–Kier alpha value is -4.97. The molecule has 0 spiro atoms. The molecular formula is C30H23ClF3N7O2. The van der Waals surface area contributed by atoms with Crippen LogP contribution in [0.25, 0.3) is 39.1 Å². The highest BCUT2D eigenvalue weighted by Crippen LogP contribution is 2.36. The first-order valence-corrected chi connectivity index (χ1v) is 13.5. The van der Waals surface area contributed by atoms with Gasteiger partial charge >= 0.3 is 0 Å². The predicted octanol–water partition coefficient (Wildman–Crippen LogP) is 6.22. The van der Waals surface area contributed by atoms with E-state index in [-0.39, 0.29) is 56.5 Å². The SMILES string of the molecule is CC(C)Oc1ccc(-c2nn([C@H](C)c3nc4c(Cl)cc(F)cn4c(=O)c3-c3cccc(F)c3)c3ncnc(N)c23)cc1F. The fraction of sp³-hybridized carbons (Fsp3) is 0.167. The first kappa shape index (κ1) is 28.2. The molecule has 2 aromatic carbocycles. The van der Waals surface area contributed by atoms with Crippen molar-refractivity contribution in [1.82, 2.24) is 29.1 Å². The van der Waals surface area contributed by atoms with Crippen LogP contribution in [0.4, 0.5) is 19.0 Å². The van der Waals surface area contributed by atoms with Gasteiger partial charge in [0, 0.05) is 11.8 Å². The number of ether oxygens (including phenoxy) is 1. The predicted molar refractivity (Wildman–Crippen MR) is 157 cm³/mol. The van der Waals surface area contributed by atoms with Crippen molar-refractivity contribution in [3.05, 3.63) is 99.6 Å². The minimum Gasteiger partial charge on any atom is -0.488 e. The van der Waals surface area contributed by atoms with Crippen LogP contribution in [0.1, 0.15) is 32.5 Å². The minimum absolute atomic E-state index is 0.000346. The first-order valence-electron chi connectivity index (χ1n) is 13.2. The van der Waals surface area contributed by atoms with E-state index in [1.807, 2.05) is 0 Å². The van der Waals surface area contributed by atoms with Crippen LogP contribution in [0.5, 0.6) is 5.75 Å². The molecule has 4 aromatic heterocycles. The minimum atomic E-state index is -0.837. The molecule has 4 heterocycles. The third-order valence-electron chi connectivity index (χ3n) is 6.84. The Bertz CT molecular complexity index is 2110. The number of pyridine rings is 1. The fourth-order valence-electron chi connectivity index (χ4n) is 4.98. The highest BCUT2D eigenvalue weighted by atomic mass is 35.5. The van der Waals surface area contributed by atoms with Crippen LogP contribution in [-0.2, 0) is 0 Å². The number of benzene rings is 2. The molecule has 2 N–H and O–H groups in total. The number of hydrogen-bond acceptors (Lipinski definition) is 7. The highest BCUT2D eigenvalue weighted by Gasteiger charge is 2.27. The third-order valence-corrected chi connectivity index (χ3v) is 7.11. The van der Waals surface area contributed by atoms with E-state index >= 15 is 4.39 Å². The van der Waals surface area contributed by atoms with Gasteiger partial charge in [0.05, 0.1) is 33.8 Å². The van der Waals surface area contributed by atoms with Crippen LogP contribution in [0, 0.1) is 17.5 Å². The lowest BCUT2D eigenvalue weighted by Crippen LogP contribution is -2.24. The molecule has 0 fully saturated rings. The summed E-state index contributed by atoms with van der Waals surface area (Å²) in [6.45, 7) is 5.28. The lowest BCUT2D eigenvalue weighted by molar-refractivity contribution is 0.231. The normalized spacial score (nSPS) is 12.4. The van der Waals surface area contributed by atoms with Gasteiger partial charge in [-0.3, -0.25) is 9.20 Å². The summed E-state index contributed by atoms with van der Waals surface area (Å²) in [5, 5.41) is 4.98. The van der Waals surface area contributed by atoms with Gasteiger partial charge in [0.15, 0.2) is 22.9 Å². The average molecular weight is 606 g/mol. The first-order chi connectivity index (χ1) is 20.5. The van der Waals surface area contributed by atoms with Crippen LogP contribution in [-0.4, -0.2) is 35.2 Å². The van der Waals surface area contributed by atoms with Gasteiger partial charge in [-0.1, -0.05) is 23.7 Å². The molecule has 0 amide bonds. The van der Waals surface area contributed by atoms with Gasteiger partial charge in [0.1, 0.15) is 29.5 Å². The number of rotatable bonds is 6. The van der Waals surface area contributed by atoms with E-state index in [9.17, 15) is 13.6 Å². The maximum atomic E-state index is 15.0. The van der Waals surface area contributed by atoms with Crippen molar-refractivity contribution in [2.24, 2.45) is 0 Å². The molecule has 0 radical (unpaired) electrons. The number of aromatic nitrogens is 6. The summed E-state index contributed by atoms with van der Waals surface area (Å²) in [6, 6.07) is 10.0. The monoisotopic (exact) mass is 605 g/mol. The molecule has 1 atom stereocenters. The molecule has 0 saturated heterocycles. The van der Waals surface area contributed by atoms with Gasteiger partial charge in [-0.05, 0) is 62.7 Å². The quantitative estimate of drug-likeness (QED) is 0.240. The second-order valence-electron chi connectivity index (χ2n) is 10.1. The number of fused-ring (bicyclic) bond motifs is 2. The van der Waals surface area contributed by atoms with Crippen LogP contribution in [0.3, 0.4) is 0 Å². The number of halogens is 4. The van der Waals surface area contributed by atoms with Crippen molar-refractivity contribution in [2.75, 3.05) is 5.73 Å². The maximum absolute atomic E-state index is 15.0. The van der Waals surface area contributed by atoms with Crippen LogP contribution < -0.4 is 16.0 Å². The lowest BCUT2D eigenvalue weighted by atomic mass is 10.0. The number of nitrogens with two attached hydrogens (primary N) is 1. The Labute approximate surface area is 247 Å². The van der Waals surface area contributed by atoms with Gasteiger partial charge in [-0.2, -0.15) is 5.10 Å². The second kappa shape index (κ2) is 10.7. The van der Waals surface area contributed by atoms with Crippen LogP contribution in [0.15, 0.2) is 65.8 Å². The number of anilines is 1. The molecule has 0 unspecified atom stereocenters. The van der Waals surface area contributed by atoms with Gasteiger partial charge in [-0.25, -0.2) is 32.8 Å². The van der Waals surface area contributed by atoms with Crippen molar-refractivity contribution in [1.29, 1.82) is 0 Å². The zero-order valence-corrected chi connectivity index (χ0v) is 23.8. The molecule has 0 bridgehead atoms. The summed E-state index contributed by atoms with van der Waals surface area (Å²) < 4.78 is 51.6. The van der Waals surface area contributed by atoms with E-state index in [0.717, 1.165) is 16.7 Å². The molecule has 6 rings (SSSR count). The Morgan fingerprint density at radius 1 is 0.953 bits per heavy atom. The summed E-state index contributed by atoms with van der Waals surface area (Å²) in [6.07, 6.45) is 1.98. The smallest absolute Gasteiger partial charge is 0.266 e. The Balaban J connectivity index is 1.61. The molecule has 218 valence electrons. The van der Waals surface area contributed by atoms with E-state index in [0.29, 0.717) is 10.9 Å². The molecular weight excluding hydrogens is 583 g/mol. The third kappa shape index (κ3) is 4.93. The lowest BCUT2D eigenvalue weighted by Gasteiger charge is -2.18. The maximum Gasteiger partial charge on any atom is 0.266 e. The van der Waals surface area contributed by atoms with Gasteiger partial charge in [0.25, 0.3) is 5.56 Å². The highest BCUT2D eigenvalue weighted by molar-refractivity contribution is 6.33. The Morgan fingerprint density at radius 2 is 1.74 bits per heavy atom. The van der Waals surface area contributed by atoms with Crippen molar-refractivity contribution in [3.63, 3.8) is 0 Å². The van der Waals surface area contributed by atoms with Gasteiger partial charge in [-0.15, -0.1) is 0 Å². The van der Waals surface area contributed by atoms with Crippen molar-refractivity contribution >= 4 is 34.1 Å². The molecule has 0 aliphatic heterocycles. The zero-order valence-electron chi connectivity index (χ0n) is 23.0.